The average Bonchev–Trinajstić information content (AvgIpc) is 2.96. The third-order valence-corrected chi connectivity index (χ3v) is 6.51. The summed E-state index contributed by atoms with van der Waals surface area (Å²) in [6.07, 6.45) is 2.10. The number of aryl methyl sites for hydroxylation is 2. The van der Waals surface area contributed by atoms with Gasteiger partial charge in [0.05, 0.1) is 5.01 Å². The highest BCUT2D eigenvalue weighted by molar-refractivity contribution is 14.0. The molecule has 0 bridgehead atoms. The molecule has 0 radical (unpaired) electrons. The van der Waals surface area contributed by atoms with Crippen LogP contribution in [-0.4, -0.2) is 53.0 Å². The lowest BCUT2D eigenvalue weighted by Gasteiger charge is -2.36. The predicted octanol–water partition coefficient (Wildman–Crippen LogP) is 4.04. The van der Waals surface area contributed by atoms with E-state index in [2.05, 4.69) is 60.0 Å². The molecule has 2 heterocycles. The zero-order chi connectivity index (χ0) is 16.7. The first-order chi connectivity index (χ1) is 11.1. The zero-order valence-corrected chi connectivity index (χ0v) is 19.2. The minimum Gasteiger partial charge on any atom is -0.357 e. The monoisotopic (exact) mass is 482 g/mol. The van der Waals surface area contributed by atoms with E-state index in [0.29, 0.717) is 5.25 Å². The van der Waals surface area contributed by atoms with Gasteiger partial charge in [-0.3, -0.25) is 4.99 Å². The molecule has 0 amide bonds. The molecule has 0 aromatic carbocycles. The Hall–Kier alpha value is -0.0200. The average molecular weight is 483 g/mol. The lowest BCUT2D eigenvalue weighted by Crippen LogP contribution is -2.49. The van der Waals surface area contributed by atoms with Crippen LogP contribution in [0, 0.1) is 12.8 Å². The van der Waals surface area contributed by atoms with Crippen molar-refractivity contribution >= 4 is 53.0 Å². The lowest BCUT2D eigenvalue weighted by molar-refractivity contribution is 0.381. The molecule has 1 N–H and O–H groups in total. The van der Waals surface area contributed by atoms with Crippen LogP contribution in [0.2, 0.25) is 0 Å². The molecule has 24 heavy (non-hydrogen) atoms. The minimum atomic E-state index is 0. The number of halogens is 1. The van der Waals surface area contributed by atoms with Gasteiger partial charge in [-0.2, -0.15) is 11.8 Å². The second-order valence-electron chi connectivity index (χ2n) is 6.32. The summed E-state index contributed by atoms with van der Waals surface area (Å²) < 4.78 is 0. The number of nitrogens with one attached hydrogen (secondary N) is 1. The van der Waals surface area contributed by atoms with Crippen molar-refractivity contribution < 1.29 is 0 Å². The first kappa shape index (κ1) is 22.0. The maximum atomic E-state index is 4.85. The Labute approximate surface area is 172 Å². The van der Waals surface area contributed by atoms with Gasteiger partial charge in [0.15, 0.2) is 5.96 Å². The summed E-state index contributed by atoms with van der Waals surface area (Å²) in [5.41, 5.74) is 1.13. The Morgan fingerprint density at radius 3 is 2.92 bits per heavy atom. The summed E-state index contributed by atoms with van der Waals surface area (Å²) in [5, 5.41) is 7.54. The molecule has 1 aliphatic rings. The molecular formula is C17H31IN4S2. The van der Waals surface area contributed by atoms with Crippen molar-refractivity contribution in [1.29, 1.82) is 0 Å². The fourth-order valence-electron chi connectivity index (χ4n) is 2.63. The third-order valence-electron chi connectivity index (χ3n) is 3.95. The van der Waals surface area contributed by atoms with E-state index in [-0.39, 0.29) is 24.0 Å². The van der Waals surface area contributed by atoms with Crippen LogP contribution in [0.3, 0.4) is 0 Å². The van der Waals surface area contributed by atoms with Crippen LogP contribution in [0.5, 0.6) is 0 Å². The highest BCUT2D eigenvalue weighted by atomic mass is 127. The fraction of sp³-hybridized carbons (Fsp3) is 0.765. The maximum Gasteiger partial charge on any atom is 0.193 e. The number of hydrogen-bond donors (Lipinski definition) is 1. The van der Waals surface area contributed by atoms with Crippen LogP contribution in [0.15, 0.2) is 10.4 Å². The van der Waals surface area contributed by atoms with Gasteiger partial charge in [-0.25, -0.2) is 4.98 Å². The Balaban J connectivity index is 0.00000288. The van der Waals surface area contributed by atoms with Crippen molar-refractivity contribution in [1.82, 2.24) is 15.2 Å². The van der Waals surface area contributed by atoms with E-state index in [1.807, 2.05) is 0 Å². The molecule has 1 atom stereocenters. The van der Waals surface area contributed by atoms with E-state index in [0.717, 1.165) is 56.6 Å². The van der Waals surface area contributed by atoms with Gasteiger partial charge in [0, 0.05) is 54.7 Å². The molecule has 1 aromatic heterocycles. The van der Waals surface area contributed by atoms with E-state index in [1.165, 1.54) is 10.8 Å². The molecule has 1 saturated heterocycles. The first-order valence-corrected chi connectivity index (χ1v) is 10.6. The third kappa shape index (κ3) is 7.07. The minimum absolute atomic E-state index is 0. The number of thiazole rings is 1. The lowest BCUT2D eigenvalue weighted by atomic mass is 10.1. The summed E-state index contributed by atoms with van der Waals surface area (Å²) in [6, 6.07) is 0. The van der Waals surface area contributed by atoms with Gasteiger partial charge in [0.2, 0.25) is 0 Å². The number of nitrogens with zero attached hydrogens (tertiary/aromatic N) is 3. The quantitative estimate of drug-likeness (QED) is 0.288. The Morgan fingerprint density at radius 2 is 2.29 bits per heavy atom. The molecule has 1 aromatic rings. The van der Waals surface area contributed by atoms with E-state index >= 15 is 0 Å². The SMILES string of the molecule is CCNC(=NCCCc1nc(C)cs1)N1CCSC(C(C)C)C1.I. The Kier molecular flexibility index (Phi) is 10.6. The second kappa shape index (κ2) is 11.6. The highest BCUT2D eigenvalue weighted by Gasteiger charge is 2.24. The first-order valence-electron chi connectivity index (χ1n) is 8.66. The molecule has 0 aliphatic carbocycles. The summed E-state index contributed by atoms with van der Waals surface area (Å²) in [7, 11) is 0. The number of rotatable bonds is 6. The van der Waals surface area contributed by atoms with Gasteiger partial charge < -0.3 is 10.2 Å². The van der Waals surface area contributed by atoms with Crippen LogP contribution in [0.1, 0.15) is 37.9 Å². The van der Waals surface area contributed by atoms with Gasteiger partial charge in [0.1, 0.15) is 0 Å². The second-order valence-corrected chi connectivity index (χ2v) is 8.61. The van der Waals surface area contributed by atoms with Crippen molar-refractivity contribution in [3.05, 3.63) is 16.1 Å². The van der Waals surface area contributed by atoms with Gasteiger partial charge in [-0.15, -0.1) is 35.3 Å². The van der Waals surface area contributed by atoms with Crippen molar-refractivity contribution in [2.24, 2.45) is 10.9 Å². The number of thioether (sulfide) groups is 1. The molecule has 0 spiro atoms. The van der Waals surface area contributed by atoms with Crippen LogP contribution in [0.4, 0.5) is 0 Å². The molecule has 4 nitrogen and oxygen atoms in total. The molecule has 2 rings (SSSR count). The van der Waals surface area contributed by atoms with E-state index in [1.54, 1.807) is 11.3 Å². The fourth-order valence-corrected chi connectivity index (χ4v) is 4.75. The van der Waals surface area contributed by atoms with Gasteiger partial charge in [0.25, 0.3) is 0 Å². The van der Waals surface area contributed by atoms with Gasteiger partial charge in [-0.05, 0) is 26.2 Å². The van der Waals surface area contributed by atoms with Crippen molar-refractivity contribution in [2.45, 2.75) is 45.8 Å². The van der Waals surface area contributed by atoms with Crippen LogP contribution in [-0.2, 0) is 6.42 Å². The molecule has 7 heteroatoms. The summed E-state index contributed by atoms with van der Waals surface area (Å²) >= 11 is 3.87. The largest absolute Gasteiger partial charge is 0.357 e. The maximum absolute atomic E-state index is 4.85. The smallest absolute Gasteiger partial charge is 0.193 e. The molecule has 1 aliphatic heterocycles. The van der Waals surface area contributed by atoms with Crippen LogP contribution < -0.4 is 5.32 Å². The predicted molar refractivity (Wildman–Crippen MR) is 119 cm³/mol. The Bertz CT molecular complexity index is 505. The normalized spacial score (nSPS) is 18.6. The van der Waals surface area contributed by atoms with Gasteiger partial charge >= 0.3 is 0 Å². The number of hydrogen-bond acceptors (Lipinski definition) is 4. The zero-order valence-electron chi connectivity index (χ0n) is 15.2. The summed E-state index contributed by atoms with van der Waals surface area (Å²) in [6.45, 7) is 12.9. The van der Waals surface area contributed by atoms with Crippen molar-refractivity contribution in [3.8, 4) is 0 Å². The van der Waals surface area contributed by atoms with E-state index < -0.39 is 0 Å². The van der Waals surface area contributed by atoms with Gasteiger partial charge in [-0.1, -0.05) is 13.8 Å². The topological polar surface area (TPSA) is 40.5 Å². The highest BCUT2D eigenvalue weighted by Crippen LogP contribution is 2.24. The molecule has 138 valence electrons. The molecular weight excluding hydrogens is 451 g/mol. The Morgan fingerprint density at radius 1 is 1.50 bits per heavy atom. The molecule has 0 saturated carbocycles. The summed E-state index contributed by atoms with van der Waals surface area (Å²) in [5.74, 6) is 3.01. The van der Waals surface area contributed by atoms with Crippen molar-refractivity contribution in [3.63, 3.8) is 0 Å². The summed E-state index contributed by atoms with van der Waals surface area (Å²) in [4.78, 5) is 11.8. The number of aromatic nitrogens is 1. The van der Waals surface area contributed by atoms with E-state index in [4.69, 9.17) is 4.99 Å². The van der Waals surface area contributed by atoms with Crippen molar-refractivity contribution in [2.75, 3.05) is 31.9 Å². The molecule has 1 fully saturated rings. The van der Waals surface area contributed by atoms with E-state index in [9.17, 15) is 0 Å². The standard InChI is InChI=1S/C17H30N4S2.HI/c1-5-18-17(21-9-10-22-15(11-21)13(2)3)19-8-6-7-16-20-14(4)12-23-16;/h12-13,15H,5-11H2,1-4H3,(H,18,19);1H. The van der Waals surface area contributed by atoms with Crippen LogP contribution >= 0.6 is 47.1 Å². The number of guanidine groups is 1. The van der Waals surface area contributed by atoms with Crippen LogP contribution in [0.25, 0.3) is 0 Å². The number of aliphatic imine (C=N–C) groups is 1. The molecule has 1 unspecified atom stereocenters.